The summed E-state index contributed by atoms with van der Waals surface area (Å²) < 4.78 is 0. The van der Waals surface area contributed by atoms with Gasteiger partial charge in [0.1, 0.15) is 10.7 Å². The lowest BCUT2D eigenvalue weighted by molar-refractivity contribution is -0.137. The number of carbonyl (C=O) groups is 3. The molecule has 6 nitrogen and oxygen atoms in total. The second-order valence-electron chi connectivity index (χ2n) is 7.71. The van der Waals surface area contributed by atoms with E-state index in [-0.39, 0.29) is 23.2 Å². The Labute approximate surface area is 196 Å². The molecule has 3 aromatic rings. The van der Waals surface area contributed by atoms with E-state index in [0.717, 1.165) is 16.0 Å². The highest BCUT2D eigenvalue weighted by Crippen LogP contribution is 2.26. The van der Waals surface area contributed by atoms with Crippen molar-refractivity contribution in [2.45, 2.75) is 13.3 Å². The van der Waals surface area contributed by atoms with Gasteiger partial charge in [-0.05, 0) is 49.2 Å². The number of halogens is 1. The van der Waals surface area contributed by atoms with Crippen molar-refractivity contribution in [3.63, 3.8) is 0 Å². The van der Waals surface area contributed by atoms with Crippen LogP contribution in [0.3, 0.4) is 0 Å². The molecule has 1 heterocycles. The standard InChI is InChI=1S/C26H22ClN3O3/c1-17-10-12-20(13-11-17)29-24(31)19-8-5-9-21(16-19)28-23-22(27)25(32)30(26(23)33)15-14-18-6-3-2-4-7-18/h2-13,16,28H,14-15H2,1H3,(H,29,31). The van der Waals surface area contributed by atoms with E-state index in [2.05, 4.69) is 10.6 Å². The monoisotopic (exact) mass is 459 g/mol. The summed E-state index contributed by atoms with van der Waals surface area (Å²) in [7, 11) is 0. The Balaban J connectivity index is 1.44. The van der Waals surface area contributed by atoms with Gasteiger partial charge in [0.2, 0.25) is 0 Å². The van der Waals surface area contributed by atoms with Gasteiger partial charge < -0.3 is 10.6 Å². The first kappa shape index (κ1) is 22.3. The van der Waals surface area contributed by atoms with Crippen LogP contribution in [0.4, 0.5) is 11.4 Å². The number of nitrogens with one attached hydrogen (secondary N) is 2. The average Bonchev–Trinajstić information content (AvgIpc) is 3.03. The fourth-order valence-corrected chi connectivity index (χ4v) is 3.70. The van der Waals surface area contributed by atoms with E-state index in [0.29, 0.717) is 23.4 Å². The number of rotatable bonds is 7. The molecule has 166 valence electrons. The molecule has 1 aliphatic heterocycles. The highest BCUT2D eigenvalue weighted by Gasteiger charge is 2.37. The Morgan fingerprint density at radius 3 is 2.33 bits per heavy atom. The smallest absolute Gasteiger partial charge is 0.278 e. The molecule has 1 aliphatic rings. The van der Waals surface area contributed by atoms with E-state index in [1.165, 1.54) is 0 Å². The zero-order valence-corrected chi connectivity index (χ0v) is 18.7. The lowest BCUT2D eigenvalue weighted by Gasteiger charge is -2.15. The molecule has 0 aliphatic carbocycles. The number of imide groups is 1. The number of hydrogen-bond donors (Lipinski definition) is 2. The SMILES string of the molecule is Cc1ccc(NC(=O)c2cccc(NC3=C(Cl)C(=O)N(CCc4ccccc4)C3=O)c2)cc1. The van der Waals surface area contributed by atoms with Crippen LogP contribution in [-0.2, 0) is 16.0 Å². The predicted octanol–water partition coefficient (Wildman–Crippen LogP) is 4.72. The fraction of sp³-hybridized carbons (Fsp3) is 0.115. The first-order valence-corrected chi connectivity index (χ1v) is 10.8. The third kappa shape index (κ3) is 5.13. The van der Waals surface area contributed by atoms with Crippen LogP contribution in [0.5, 0.6) is 0 Å². The van der Waals surface area contributed by atoms with E-state index >= 15 is 0 Å². The zero-order valence-electron chi connectivity index (χ0n) is 18.0. The molecule has 2 N–H and O–H groups in total. The maximum Gasteiger partial charge on any atom is 0.278 e. The molecule has 33 heavy (non-hydrogen) atoms. The van der Waals surface area contributed by atoms with Crippen LogP contribution < -0.4 is 10.6 Å². The third-order valence-electron chi connectivity index (χ3n) is 5.28. The second kappa shape index (κ2) is 9.71. The summed E-state index contributed by atoms with van der Waals surface area (Å²) >= 11 is 6.20. The molecule has 4 rings (SSSR count). The van der Waals surface area contributed by atoms with Crippen LogP contribution >= 0.6 is 11.6 Å². The summed E-state index contributed by atoms with van der Waals surface area (Å²) in [5, 5.41) is 5.59. The van der Waals surface area contributed by atoms with Crippen molar-refractivity contribution >= 4 is 40.7 Å². The van der Waals surface area contributed by atoms with Crippen LogP contribution in [0.1, 0.15) is 21.5 Å². The van der Waals surface area contributed by atoms with Gasteiger partial charge in [0.05, 0.1) is 0 Å². The van der Waals surface area contributed by atoms with Crippen molar-refractivity contribution in [3.8, 4) is 0 Å². The van der Waals surface area contributed by atoms with E-state index in [1.807, 2.05) is 61.5 Å². The number of nitrogens with zero attached hydrogens (tertiary/aromatic N) is 1. The number of amides is 3. The molecule has 7 heteroatoms. The number of carbonyl (C=O) groups excluding carboxylic acids is 3. The van der Waals surface area contributed by atoms with Gasteiger partial charge in [-0.25, -0.2) is 0 Å². The topological polar surface area (TPSA) is 78.5 Å². The van der Waals surface area contributed by atoms with Gasteiger partial charge >= 0.3 is 0 Å². The predicted molar refractivity (Wildman–Crippen MR) is 129 cm³/mol. The van der Waals surface area contributed by atoms with E-state index in [1.54, 1.807) is 24.3 Å². The normalized spacial score (nSPS) is 13.5. The van der Waals surface area contributed by atoms with Crippen molar-refractivity contribution in [3.05, 3.63) is 106 Å². The van der Waals surface area contributed by atoms with Gasteiger partial charge in [-0.1, -0.05) is 65.7 Å². The Kier molecular flexibility index (Phi) is 6.56. The Morgan fingerprint density at radius 1 is 0.879 bits per heavy atom. The quantitative estimate of drug-likeness (QED) is 0.501. The van der Waals surface area contributed by atoms with Crippen LogP contribution in [0.2, 0.25) is 0 Å². The van der Waals surface area contributed by atoms with E-state index < -0.39 is 11.8 Å². The average molecular weight is 460 g/mol. The Hall–Kier alpha value is -3.90. The summed E-state index contributed by atoms with van der Waals surface area (Å²) in [6, 6.07) is 23.7. The van der Waals surface area contributed by atoms with Crippen molar-refractivity contribution < 1.29 is 14.4 Å². The summed E-state index contributed by atoms with van der Waals surface area (Å²) in [5.74, 6) is -1.32. The number of hydrogen-bond acceptors (Lipinski definition) is 4. The maximum atomic E-state index is 12.9. The minimum Gasteiger partial charge on any atom is -0.350 e. The highest BCUT2D eigenvalue weighted by atomic mass is 35.5. The molecule has 0 unspecified atom stereocenters. The lowest BCUT2D eigenvalue weighted by Crippen LogP contribution is -2.34. The van der Waals surface area contributed by atoms with Crippen LogP contribution in [0.25, 0.3) is 0 Å². The van der Waals surface area contributed by atoms with Crippen molar-refractivity contribution in [2.24, 2.45) is 0 Å². The third-order valence-corrected chi connectivity index (χ3v) is 5.63. The van der Waals surface area contributed by atoms with Crippen LogP contribution in [-0.4, -0.2) is 29.2 Å². The van der Waals surface area contributed by atoms with Gasteiger partial charge in [0, 0.05) is 23.5 Å². The highest BCUT2D eigenvalue weighted by molar-refractivity contribution is 6.48. The van der Waals surface area contributed by atoms with Gasteiger partial charge in [-0.15, -0.1) is 0 Å². The zero-order chi connectivity index (χ0) is 23.4. The molecule has 0 radical (unpaired) electrons. The van der Waals surface area contributed by atoms with Crippen molar-refractivity contribution in [1.82, 2.24) is 4.90 Å². The molecule has 0 spiro atoms. The number of anilines is 2. The molecular formula is C26H22ClN3O3. The molecular weight excluding hydrogens is 438 g/mol. The Morgan fingerprint density at radius 2 is 1.61 bits per heavy atom. The number of aryl methyl sites for hydroxylation is 1. The summed E-state index contributed by atoms with van der Waals surface area (Å²) in [4.78, 5) is 39.2. The molecule has 0 fully saturated rings. The molecule has 0 aromatic heterocycles. The van der Waals surface area contributed by atoms with Crippen LogP contribution in [0, 0.1) is 6.92 Å². The first-order valence-electron chi connectivity index (χ1n) is 10.5. The van der Waals surface area contributed by atoms with E-state index in [9.17, 15) is 14.4 Å². The molecule has 0 atom stereocenters. The minimum absolute atomic E-state index is 0.00539. The Bertz CT molecular complexity index is 1240. The van der Waals surface area contributed by atoms with Gasteiger partial charge in [0.25, 0.3) is 17.7 Å². The molecule has 0 bridgehead atoms. The summed E-state index contributed by atoms with van der Waals surface area (Å²) in [5.41, 5.74) is 3.67. The maximum absolute atomic E-state index is 12.9. The molecule has 3 aromatic carbocycles. The molecule has 0 saturated carbocycles. The van der Waals surface area contributed by atoms with Gasteiger partial charge in [0.15, 0.2) is 0 Å². The van der Waals surface area contributed by atoms with Gasteiger partial charge in [-0.2, -0.15) is 0 Å². The number of benzene rings is 3. The van der Waals surface area contributed by atoms with Crippen molar-refractivity contribution in [2.75, 3.05) is 17.2 Å². The summed E-state index contributed by atoms with van der Waals surface area (Å²) in [6.45, 7) is 2.19. The second-order valence-corrected chi connectivity index (χ2v) is 8.09. The molecule has 3 amide bonds. The van der Waals surface area contributed by atoms with Crippen LogP contribution in [0.15, 0.2) is 89.6 Å². The molecule has 0 saturated heterocycles. The fourth-order valence-electron chi connectivity index (χ4n) is 3.47. The first-order chi connectivity index (χ1) is 15.9. The summed E-state index contributed by atoms with van der Waals surface area (Å²) in [6.07, 6.45) is 0.532. The van der Waals surface area contributed by atoms with Gasteiger partial charge in [-0.3, -0.25) is 19.3 Å². The lowest BCUT2D eigenvalue weighted by atomic mass is 10.1. The van der Waals surface area contributed by atoms with E-state index in [4.69, 9.17) is 11.6 Å². The largest absolute Gasteiger partial charge is 0.350 e. The minimum atomic E-state index is -0.534. The van der Waals surface area contributed by atoms with Crippen molar-refractivity contribution in [1.29, 1.82) is 0 Å².